The summed E-state index contributed by atoms with van der Waals surface area (Å²) in [6, 6.07) is 17.8. The maximum atomic E-state index is 6.00. The van der Waals surface area contributed by atoms with E-state index in [0.717, 1.165) is 51.2 Å². The van der Waals surface area contributed by atoms with E-state index in [2.05, 4.69) is 25.0 Å². The molecule has 4 heterocycles. The lowest BCUT2D eigenvalue weighted by molar-refractivity contribution is 0.104. The number of methoxy groups -OCH3 is 1. The molecule has 0 saturated heterocycles. The summed E-state index contributed by atoms with van der Waals surface area (Å²) in [5.74, 6) is 1.47. The standard InChI is InChI=1S/C25H22N6O3/c1-16-10-19(28-34-16)25-24-12-22-20(14-33-13-17-6-4-3-5-7-17)27-29-31(22)23-11-18(32-2)8-9-21(23)30(24)15-26-25/h3-11,15H,12-14H2,1-2H3. The van der Waals surface area contributed by atoms with Gasteiger partial charge in [-0.05, 0) is 24.6 Å². The van der Waals surface area contributed by atoms with Crippen molar-refractivity contribution in [3.63, 3.8) is 0 Å². The molecule has 0 bridgehead atoms. The highest BCUT2D eigenvalue weighted by molar-refractivity contribution is 5.65. The van der Waals surface area contributed by atoms with Crippen molar-refractivity contribution in [1.29, 1.82) is 0 Å². The van der Waals surface area contributed by atoms with E-state index in [1.165, 1.54) is 0 Å². The molecular weight excluding hydrogens is 432 g/mol. The summed E-state index contributed by atoms with van der Waals surface area (Å²) in [5, 5.41) is 13.2. The van der Waals surface area contributed by atoms with Crippen molar-refractivity contribution in [1.82, 2.24) is 29.7 Å². The van der Waals surface area contributed by atoms with E-state index in [4.69, 9.17) is 14.0 Å². The first-order valence-electron chi connectivity index (χ1n) is 10.9. The summed E-state index contributed by atoms with van der Waals surface area (Å²) >= 11 is 0. The summed E-state index contributed by atoms with van der Waals surface area (Å²) in [5.41, 5.74) is 7.05. The van der Waals surface area contributed by atoms with Gasteiger partial charge in [-0.2, -0.15) is 0 Å². The van der Waals surface area contributed by atoms with Crippen LogP contribution in [0.15, 0.2) is 65.4 Å². The average Bonchev–Trinajstić information content (AvgIpc) is 3.57. The third-order valence-electron chi connectivity index (χ3n) is 5.94. The van der Waals surface area contributed by atoms with Gasteiger partial charge in [0.05, 0.1) is 43.1 Å². The van der Waals surface area contributed by atoms with Crippen molar-refractivity contribution in [2.75, 3.05) is 7.11 Å². The molecule has 6 rings (SSSR count). The third-order valence-corrected chi connectivity index (χ3v) is 5.94. The lowest BCUT2D eigenvalue weighted by Gasteiger charge is -2.11. The van der Waals surface area contributed by atoms with Gasteiger partial charge in [-0.3, -0.25) is 4.57 Å². The molecule has 5 aromatic rings. The quantitative estimate of drug-likeness (QED) is 0.375. The molecule has 0 saturated carbocycles. The van der Waals surface area contributed by atoms with Crippen LogP contribution in [0.1, 0.15) is 28.4 Å². The highest BCUT2D eigenvalue weighted by Crippen LogP contribution is 2.35. The predicted octanol–water partition coefficient (Wildman–Crippen LogP) is 4.05. The van der Waals surface area contributed by atoms with Gasteiger partial charge in [0.15, 0.2) is 0 Å². The maximum absolute atomic E-state index is 6.00. The summed E-state index contributed by atoms with van der Waals surface area (Å²) in [7, 11) is 1.65. The van der Waals surface area contributed by atoms with Crippen molar-refractivity contribution in [2.45, 2.75) is 26.6 Å². The van der Waals surface area contributed by atoms with Crippen LogP contribution < -0.4 is 4.74 Å². The number of aromatic nitrogens is 6. The smallest absolute Gasteiger partial charge is 0.134 e. The Morgan fingerprint density at radius 2 is 1.88 bits per heavy atom. The average molecular weight is 454 g/mol. The molecule has 1 aliphatic heterocycles. The van der Waals surface area contributed by atoms with Crippen LogP contribution in [0.25, 0.3) is 22.8 Å². The van der Waals surface area contributed by atoms with Gasteiger partial charge in [-0.15, -0.1) is 5.10 Å². The fourth-order valence-electron chi connectivity index (χ4n) is 4.26. The van der Waals surface area contributed by atoms with Crippen LogP contribution >= 0.6 is 0 Å². The monoisotopic (exact) mass is 454 g/mol. The van der Waals surface area contributed by atoms with E-state index in [1.807, 2.05) is 72.5 Å². The van der Waals surface area contributed by atoms with Gasteiger partial charge in [-0.1, -0.05) is 40.7 Å². The molecule has 0 N–H and O–H groups in total. The van der Waals surface area contributed by atoms with Gasteiger partial charge in [0.1, 0.15) is 34.9 Å². The van der Waals surface area contributed by atoms with E-state index in [1.54, 1.807) is 7.11 Å². The molecule has 9 heteroatoms. The van der Waals surface area contributed by atoms with E-state index in [0.29, 0.717) is 25.3 Å². The molecular formula is C25H22N6O3. The van der Waals surface area contributed by atoms with Gasteiger partial charge < -0.3 is 14.0 Å². The summed E-state index contributed by atoms with van der Waals surface area (Å²) in [6.07, 6.45) is 2.36. The molecule has 34 heavy (non-hydrogen) atoms. The Morgan fingerprint density at radius 1 is 1.00 bits per heavy atom. The topological polar surface area (TPSA) is 93.0 Å². The molecule has 0 fully saturated rings. The summed E-state index contributed by atoms with van der Waals surface area (Å²) in [4.78, 5) is 4.68. The first-order chi connectivity index (χ1) is 16.7. The highest BCUT2D eigenvalue weighted by Gasteiger charge is 2.28. The zero-order valence-corrected chi connectivity index (χ0v) is 18.8. The Bertz CT molecular complexity index is 1470. The second-order valence-electron chi connectivity index (χ2n) is 8.14. The molecule has 170 valence electrons. The minimum Gasteiger partial charge on any atom is -0.497 e. The second-order valence-corrected chi connectivity index (χ2v) is 8.14. The van der Waals surface area contributed by atoms with E-state index in [9.17, 15) is 0 Å². The van der Waals surface area contributed by atoms with E-state index < -0.39 is 0 Å². The lowest BCUT2D eigenvalue weighted by atomic mass is 10.1. The van der Waals surface area contributed by atoms with Crippen molar-refractivity contribution in [3.05, 3.63) is 89.3 Å². The fourth-order valence-corrected chi connectivity index (χ4v) is 4.26. The molecule has 0 amide bonds. The Hall–Kier alpha value is -4.24. The number of ether oxygens (including phenoxy) is 2. The van der Waals surface area contributed by atoms with Crippen LogP contribution in [-0.4, -0.2) is 36.8 Å². The van der Waals surface area contributed by atoms with Crippen molar-refractivity contribution in [3.8, 4) is 28.5 Å². The SMILES string of the molecule is COc1ccc2c(c1)-n1nnc(COCc3ccccc3)c1Cc1c(-c3cc(C)on3)ncn1-2. The molecule has 0 aliphatic carbocycles. The van der Waals surface area contributed by atoms with Crippen LogP contribution in [0.5, 0.6) is 5.75 Å². The van der Waals surface area contributed by atoms with Crippen LogP contribution in [0, 0.1) is 6.92 Å². The zero-order chi connectivity index (χ0) is 23.1. The van der Waals surface area contributed by atoms with Crippen LogP contribution in [0.3, 0.4) is 0 Å². The minimum absolute atomic E-state index is 0.343. The number of benzene rings is 2. The summed E-state index contributed by atoms with van der Waals surface area (Å²) in [6.45, 7) is 2.71. The maximum Gasteiger partial charge on any atom is 0.134 e. The number of fused-ring (bicyclic) bond motifs is 5. The normalized spacial score (nSPS) is 12.1. The van der Waals surface area contributed by atoms with Crippen LogP contribution in [0.2, 0.25) is 0 Å². The van der Waals surface area contributed by atoms with Gasteiger partial charge in [0.2, 0.25) is 0 Å². The van der Waals surface area contributed by atoms with E-state index >= 15 is 0 Å². The first kappa shape index (κ1) is 20.4. The Kier molecular flexibility index (Phi) is 4.96. The Labute approximate surface area is 195 Å². The Balaban J connectivity index is 1.43. The minimum atomic E-state index is 0.343. The molecule has 3 aromatic heterocycles. The van der Waals surface area contributed by atoms with E-state index in [-0.39, 0.29) is 0 Å². The number of hydrogen-bond acceptors (Lipinski definition) is 7. The molecule has 0 spiro atoms. The number of nitrogens with zero attached hydrogens (tertiary/aromatic N) is 6. The number of rotatable bonds is 6. The van der Waals surface area contributed by atoms with Crippen molar-refractivity contribution < 1.29 is 14.0 Å². The predicted molar refractivity (Wildman–Crippen MR) is 123 cm³/mol. The van der Waals surface area contributed by atoms with Gasteiger partial charge >= 0.3 is 0 Å². The van der Waals surface area contributed by atoms with Gasteiger partial charge in [0.25, 0.3) is 0 Å². The molecule has 1 aliphatic rings. The Morgan fingerprint density at radius 3 is 2.68 bits per heavy atom. The molecule has 0 atom stereocenters. The molecule has 0 unspecified atom stereocenters. The second kappa shape index (κ2) is 8.27. The third kappa shape index (κ3) is 3.46. The zero-order valence-electron chi connectivity index (χ0n) is 18.8. The molecule has 9 nitrogen and oxygen atoms in total. The lowest BCUT2D eigenvalue weighted by Crippen LogP contribution is -2.05. The highest BCUT2D eigenvalue weighted by atomic mass is 16.5. The summed E-state index contributed by atoms with van der Waals surface area (Å²) < 4.78 is 20.7. The van der Waals surface area contributed by atoms with Crippen LogP contribution in [-0.2, 0) is 24.4 Å². The molecule has 2 aromatic carbocycles. The molecule has 0 radical (unpaired) electrons. The number of aryl methyl sites for hydroxylation is 1. The number of hydrogen-bond donors (Lipinski definition) is 0. The van der Waals surface area contributed by atoms with Crippen molar-refractivity contribution in [2.24, 2.45) is 0 Å². The first-order valence-corrected chi connectivity index (χ1v) is 10.9. The number of imidazole rings is 1. The van der Waals surface area contributed by atoms with Gasteiger partial charge in [0, 0.05) is 18.6 Å². The fraction of sp³-hybridized carbons (Fsp3) is 0.200. The van der Waals surface area contributed by atoms with Gasteiger partial charge in [-0.25, -0.2) is 9.67 Å². The van der Waals surface area contributed by atoms with Crippen molar-refractivity contribution >= 4 is 0 Å². The largest absolute Gasteiger partial charge is 0.497 e. The van der Waals surface area contributed by atoms with Crippen LogP contribution in [0.4, 0.5) is 0 Å².